The molecule has 0 spiro atoms. The third-order valence-electron chi connectivity index (χ3n) is 2.78. The number of ether oxygens (including phenoxy) is 1. The van der Waals surface area contributed by atoms with Crippen molar-refractivity contribution in [1.82, 2.24) is 24.9 Å². The van der Waals surface area contributed by atoms with Gasteiger partial charge in [0.05, 0.1) is 11.4 Å². The van der Waals surface area contributed by atoms with Gasteiger partial charge in [-0.1, -0.05) is 5.21 Å². The summed E-state index contributed by atoms with van der Waals surface area (Å²) < 4.78 is 6.98. The minimum Gasteiger partial charge on any atom is -0.375 e. The first-order valence-electron chi connectivity index (χ1n) is 6.09. The highest BCUT2D eigenvalue weighted by molar-refractivity contribution is 7.09. The fourth-order valence-electron chi connectivity index (χ4n) is 1.76. The van der Waals surface area contributed by atoms with Crippen molar-refractivity contribution < 1.29 is 4.74 Å². The van der Waals surface area contributed by atoms with Crippen LogP contribution in [0.4, 0.5) is 0 Å². The lowest BCUT2D eigenvalue weighted by Crippen LogP contribution is -2.17. The molecule has 0 aliphatic rings. The molecule has 2 aromatic rings. The van der Waals surface area contributed by atoms with E-state index in [9.17, 15) is 0 Å². The molecule has 0 radical (unpaired) electrons. The fraction of sp³-hybridized carbons (Fsp3) is 0.583. The second-order valence-electron chi connectivity index (χ2n) is 4.61. The van der Waals surface area contributed by atoms with Crippen molar-refractivity contribution in [3.63, 3.8) is 0 Å². The molecule has 0 fully saturated rings. The Morgan fingerprint density at radius 1 is 1.42 bits per heavy atom. The molecule has 0 unspecified atom stereocenters. The summed E-state index contributed by atoms with van der Waals surface area (Å²) in [4.78, 5) is 6.75. The molecule has 19 heavy (non-hydrogen) atoms. The topological polar surface area (TPSA) is 56.1 Å². The highest BCUT2D eigenvalue weighted by Crippen LogP contribution is 2.21. The molecule has 1 atom stereocenters. The van der Waals surface area contributed by atoms with Gasteiger partial charge in [-0.3, -0.25) is 9.58 Å². The molecule has 0 aliphatic carbocycles. The van der Waals surface area contributed by atoms with E-state index in [2.05, 4.69) is 25.6 Å². The number of nitrogens with zero attached hydrogens (tertiary/aromatic N) is 5. The van der Waals surface area contributed by atoms with Gasteiger partial charge in [-0.25, -0.2) is 4.98 Å². The average Bonchev–Trinajstić information content (AvgIpc) is 2.98. The Kier molecular flexibility index (Phi) is 4.62. The fourth-order valence-corrected chi connectivity index (χ4v) is 2.60. The van der Waals surface area contributed by atoms with Crippen LogP contribution in [0.5, 0.6) is 0 Å². The van der Waals surface area contributed by atoms with Crippen LogP contribution < -0.4 is 0 Å². The first-order valence-corrected chi connectivity index (χ1v) is 6.97. The van der Waals surface area contributed by atoms with Crippen molar-refractivity contribution >= 4 is 11.3 Å². The molecule has 0 N–H and O–H groups in total. The monoisotopic (exact) mass is 281 g/mol. The Balaban J connectivity index is 1.91. The summed E-state index contributed by atoms with van der Waals surface area (Å²) in [7, 11) is 5.62. The van der Waals surface area contributed by atoms with E-state index < -0.39 is 0 Å². The summed E-state index contributed by atoms with van der Waals surface area (Å²) in [5, 5.41) is 11.1. The van der Waals surface area contributed by atoms with Gasteiger partial charge in [0, 0.05) is 38.8 Å². The molecule has 0 saturated heterocycles. The number of thiazole rings is 1. The standard InChI is InChI=1S/C12H19N5OS/c1-9(18-4)12-13-11(8-19-12)6-16(2)5-10-7-17(3)15-14-10/h7-9H,5-6H2,1-4H3/t9-/m0/s1. The number of rotatable bonds is 6. The van der Waals surface area contributed by atoms with Crippen molar-refractivity contribution in [1.29, 1.82) is 0 Å². The Morgan fingerprint density at radius 3 is 2.79 bits per heavy atom. The summed E-state index contributed by atoms with van der Waals surface area (Å²) in [6.45, 7) is 3.57. The highest BCUT2D eigenvalue weighted by atomic mass is 32.1. The molecule has 7 heteroatoms. The molecule has 2 aromatic heterocycles. The van der Waals surface area contributed by atoms with Gasteiger partial charge in [0.15, 0.2) is 0 Å². The predicted molar refractivity (Wildman–Crippen MR) is 73.7 cm³/mol. The third kappa shape index (κ3) is 3.82. The van der Waals surface area contributed by atoms with Gasteiger partial charge in [0.1, 0.15) is 11.1 Å². The minimum absolute atomic E-state index is 0.0593. The van der Waals surface area contributed by atoms with E-state index in [0.717, 1.165) is 29.5 Å². The predicted octanol–water partition coefficient (Wildman–Crippen LogP) is 1.61. The van der Waals surface area contributed by atoms with E-state index in [0.29, 0.717) is 0 Å². The highest BCUT2D eigenvalue weighted by Gasteiger charge is 2.11. The molecule has 0 bridgehead atoms. The number of aryl methyl sites for hydroxylation is 1. The lowest BCUT2D eigenvalue weighted by atomic mass is 10.4. The van der Waals surface area contributed by atoms with Gasteiger partial charge in [-0.15, -0.1) is 16.4 Å². The van der Waals surface area contributed by atoms with Crippen LogP contribution in [-0.2, 0) is 24.9 Å². The smallest absolute Gasteiger partial charge is 0.122 e. The number of aromatic nitrogens is 4. The zero-order valence-corrected chi connectivity index (χ0v) is 12.5. The molecule has 6 nitrogen and oxygen atoms in total. The normalized spacial score (nSPS) is 13.1. The quantitative estimate of drug-likeness (QED) is 0.805. The molecule has 0 aliphatic heterocycles. The number of methoxy groups -OCH3 is 1. The van der Waals surface area contributed by atoms with Crippen LogP contribution in [0, 0.1) is 0 Å². The third-order valence-corrected chi connectivity index (χ3v) is 3.84. The Hall–Kier alpha value is -1.31. The lowest BCUT2D eigenvalue weighted by molar-refractivity contribution is 0.119. The van der Waals surface area contributed by atoms with Crippen LogP contribution in [0.25, 0.3) is 0 Å². The number of hydrogen-bond acceptors (Lipinski definition) is 6. The molecule has 0 aromatic carbocycles. The van der Waals surface area contributed by atoms with E-state index in [4.69, 9.17) is 4.74 Å². The van der Waals surface area contributed by atoms with E-state index >= 15 is 0 Å². The molecule has 104 valence electrons. The maximum atomic E-state index is 5.27. The largest absolute Gasteiger partial charge is 0.375 e. The Labute approximate surface area is 117 Å². The van der Waals surface area contributed by atoms with Gasteiger partial charge in [-0.2, -0.15) is 0 Å². The van der Waals surface area contributed by atoms with Gasteiger partial charge < -0.3 is 4.74 Å². The summed E-state index contributed by atoms with van der Waals surface area (Å²) in [6, 6.07) is 0. The first-order chi connectivity index (χ1) is 9.08. The van der Waals surface area contributed by atoms with Crippen molar-refractivity contribution in [3.05, 3.63) is 28.0 Å². The molecule has 0 amide bonds. The average molecular weight is 281 g/mol. The van der Waals surface area contributed by atoms with Crippen molar-refractivity contribution in [2.75, 3.05) is 14.2 Å². The summed E-state index contributed by atoms with van der Waals surface area (Å²) in [5.74, 6) is 0. The van der Waals surface area contributed by atoms with E-state index in [1.807, 2.05) is 27.2 Å². The van der Waals surface area contributed by atoms with E-state index in [-0.39, 0.29) is 6.10 Å². The maximum absolute atomic E-state index is 5.27. The molecule has 2 rings (SSSR count). The van der Waals surface area contributed by atoms with Gasteiger partial charge >= 0.3 is 0 Å². The second kappa shape index (κ2) is 6.23. The molecular weight excluding hydrogens is 262 g/mol. The zero-order valence-electron chi connectivity index (χ0n) is 11.7. The van der Waals surface area contributed by atoms with Crippen molar-refractivity contribution in [2.24, 2.45) is 7.05 Å². The van der Waals surface area contributed by atoms with Crippen LogP contribution in [-0.4, -0.2) is 39.0 Å². The van der Waals surface area contributed by atoms with Gasteiger partial charge in [0.2, 0.25) is 0 Å². The summed E-state index contributed by atoms with van der Waals surface area (Å²) in [6.07, 6.45) is 1.99. The number of hydrogen-bond donors (Lipinski definition) is 0. The zero-order chi connectivity index (χ0) is 13.8. The van der Waals surface area contributed by atoms with E-state index in [1.54, 1.807) is 23.1 Å². The van der Waals surface area contributed by atoms with Crippen molar-refractivity contribution in [3.8, 4) is 0 Å². The van der Waals surface area contributed by atoms with Crippen LogP contribution in [0.1, 0.15) is 29.4 Å². The lowest BCUT2D eigenvalue weighted by Gasteiger charge is -2.13. The van der Waals surface area contributed by atoms with Crippen LogP contribution >= 0.6 is 11.3 Å². The SMILES string of the molecule is CO[C@@H](C)c1nc(CN(C)Cc2cn(C)nn2)cs1. The van der Waals surface area contributed by atoms with Gasteiger partial charge in [0.25, 0.3) is 0 Å². The summed E-state index contributed by atoms with van der Waals surface area (Å²) in [5.41, 5.74) is 2.03. The first kappa shape index (κ1) is 14.1. The van der Waals surface area contributed by atoms with Crippen LogP contribution in [0.3, 0.4) is 0 Å². The molecular formula is C12H19N5OS. The molecule has 0 saturated carbocycles. The Bertz CT molecular complexity index is 524. The van der Waals surface area contributed by atoms with Crippen molar-refractivity contribution in [2.45, 2.75) is 26.1 Å². The molecule has 2 heterocycles. The van der Waals surface area contributed by atoms with Gasteiger partial charge in [-0.05, 0) is 14.0 Å². The summed E-state index contributed by atoms with van der Waals surface area (Å²) >= 11 is 1.64. The minimum atomic E-state index is 0.0593. The second-order valence-corrected chi connectivity index (χ2v) is 5.50. The van der Waals surface area contributed by atoms with Crippen LogP contribution in [0.15, 0.2) is 11.6 Å². The maximum Gasteiger partial charge on any atom is 0.122 e. The Morgan fingerprint density at radius 2 is 2.16 bits per heavy atom. The van der Waals surface area contributed by atoms with Crippen LogP contribution in [0.2, 0.25) is 0 Å². The van der Waals surface area contributed by atoms with E-state index in [1.165, 1.54) is 0 Å².